The van der Waals surface area contributed by atoms with Crippen molar-refractivity contribution < 1.29 is 9.90 Å². The number of nitrogens with one attached hydrogen (secondary N) is 1. The molecule has 0 heterocycles. The maximum absolute atomic E-state index is 12.1. The smallest absolute Gasteiger partial charge is 0.224 e. The van der Waals surface area contributed by atoms with E-state index in [4.69, 9.17) is 5.11 Å². The van der Waals surface area contributed by atoms with E-state index in [0.717, 1.165) is 11.1 Å². The molecule has 1 atom stereocenters. The molecule has 0 unspecified atom stereocenters. The molecule has 0 spiro atoms. The van der Waals surface area contributed by atoms with Crippen LogP contribution in [0.1, 0.15) is 23.6 Å². The van der Waals surface area contributed by atoms with Crippen molar-refractivity contribution in [3.63, 3.8) is 0 Å². The Morgan fingerprint density at radius 1 is 1.00 bits per heavy atom. The van der Waals surface area contributed by atoms with E-state index in [1.165, 1.54) is 0 Å². The van der Waals surface area contributed by atoms with Gasteiger partial charge in [0.15, 0.2) is 0 Å². The van der Waals surface area contributed by atoms with Crippen LogP contribution in [0.15, 0.2) is 60.7 Å². The summed E-state index contributed by atoms with van der Waals surface area (Å²) in [4.78, 5) is 12.1. The van der Waals surface area contributed by atoms with Crippen LogP contribution in [0.4, 0.5) is 0 Å². The Balaban J connectivity index is 1.99. The lowest BCUT2D eigenvalue weighted by atomic mass is 10.0. The number of amides is 1. The van der Waals surface area contributed by atoms with Crippen LogP contribution in [0.25, 0.3) is 0 Å². The highest BCUT2D eigenvalue weighted by atomic mass is 16.3. The predicted octanol–water partition coefficient (Wildman–Crippen LogP) is 2.47. The molecule has 0 aliphatic heterocycles. The van der Waals surface area contributed by atoms with Gasteiger partial charge in [0.25, 0.3) is 0 Å². The van der Waals surface area contributed by atoms with Crippen LogP contribution in [0.3, 0.4) is 0 Å². The standard InChI is InChI=1S/C17H19NO2/c19-12-11-16(15-9-5-2-6-10-15)18-17(20)13-14-7-3-1-4-8-14/h1-10,16,19H,11-13H2,(H,18,20)/t16-/m1/s1. The molecule has 0 aliphatic rings. The number of rotatable bonds is 6. The lowest BCUT2D eigenvalue weighted by molar-refractivity contribution is -0.121. The fourth-order valence-corrected chi connectivity index (χ4v) is 2.16. The maximum atomic E-state index is 12.1. The average Bonchev–Trinajstić information content (AvgIpc) is 2.49. The third-order valence-electron chi connectivity index (χ3n) is 3.16. The molecule has 0 saturated heterocycles. The van der Waals surface area contributed by atoms with Gasteiger partial charge >= 0.3 is 0 Å². The molecule has 0 aromatic heterocycles. The summed E-state index contributed by atoms with van der Waals surface area (Å²) in [5, 5.41) is 12.1. The minimum Gasteiger partial charge on any atom is -0.396 e. The first-order valence-electron chi connectivity index (χ1n) is 6.78. The summed E-state index contributed by atoms with van der Waals surface area (Å²) < 4.78 is 0. The van der Waals surface area contributed by atoms with E-state index in [0.29, 0.717) is 12.8 Å². The van der Waals surface area contributed by atoms with Gasteiger partial charge in [0, 0.05) is 6.61 Å². The molecule has 20 heavy (non-hydrogen) atoms. The van der Waals surface area contributed by atoms with Gasteiger partial charge in [-0.25, -0.2) is 0 Å². The lowest BCUT2D eigenvalue weighted by Crippen LogP contribution is -2.30. The van der Waals surface area contributed by atoms with Gasteiger partial charge < -0.3 is 10.4 Å². The number of carbonyl (C=O) groups is 1. The zero-order chi connectivity index (χ0) is 14.2. The highest BCUT2D eigenvalue weighted by Gasteiger charge is 2.13. The van der Waals surface area contributed by atoms with Gasteiger partial charge in [-0.05, 0) is 17.5 Å². The summed E-state index contributed by atoms with van der Waals surface area (Å²) in [6.45, 7) is 0.0468. The SMILES string of the molecule is O=C(Cc1ccccc1)N[C@H](CCO)c1ccccc1. The molecule has 0 fully saturated rings. The number of aliphatic hydroxyl groups excluding tert-OH is 1. The van der Waals surface area contributed by atoms with E-state index in [2.05, 4.69) is 5.32 Å². The minimum atomic E-state index is -0.141. The first-order valence-corrected chi connectivity index (χ1v) is 6.78. The van der Waals surface area contributed by atoms with Crippen molar-refractivity contribution in [2.24, 2.45) is 0 Å². The summed E-state index contributed by atoms with van der Waals surface area (Å²) in [6.07, 6.45) is 0.875. The van der Waals surface area contributed by atoms with Gasteiger partial charge in [-0.2, -0.15) is 0 Å². The van der Waals surface area contributed by atoms with Gasteiger partial charge in [-0.1, -0.05) is 60.7 Å². The Hall–Kier alpha value is -2.13. The normalized spacial score (nSPS) is 11.8. The third-order valence-corrected chi connectivity index (χ3v) is 3.16. The number of hydrogen-bond donors (Lipinski definition) is 2. The molecule has 2 rings (SSSR count). The summed E-state index contributed by atoms with van der Waals surface area (Å²) in [5.74, 6) is -0.0292. The molecule has 3 heteroatoms. The number of aliphatic hydroxyl groups is 1. The van der Waals surface area contributed by atoms with Crippen molar-refractivity contribution in [3.05, 3.63) is 71.8 Å². The molecule has 1 amide bonds. The zero-order valence-electron chi connectivity index (χ0n) is 11.3. The van der Waals surface area contributed by atoms with Crippen molar-refractivity contribution in [2.45, 2.75) is 18.9 Å². The molecule has 0 bridgehead atoms. The van der Waals surface area contributed by atoms with Crippen LogP contribution in [0.2, 0.25) is 0 Å². The molecule has 3 nitrogen and oxygen atoms in total. The van der Waals surface area contributed by atoms with Crippen molar-refractivity contribution in [1.29, 1.82) is 0 Å². The van der Waals surface area contributed by atoms with E-state index in [1.54, 1.807) is 0 Å². The first-order chi connectivity index (χ1) is 9.79. The lowest BCUT2D eigenvalue weighted by Gasteiger charge is -2.18. The van der Waals surface area contributed by atoms with E-state index in [9.17, 15) is 4.79 Å². The fraction of sp³-hybridized carbons (Fsp3) is 0.235. The molecule has 2 aromatic carbocycles. The van der Waals surface area contributed by atoms with E-state index >= 15 is 0 Å². The number of hydrogen-bond acceptors (Lipinski definition) is 2. The molecule has 0 saturated carbocycles. The summed E-state index contributed by atoms with van der Waals surface area (Å²) in [5.41, 5.74) is 2.00. The summed E-state index contributed by atoms with van der Waals surface area (Å²) in [6, 6.07) is 19.2. The zero-order valence-corrected chi connectivity index (χ0v) is 11.3. The predicted molar refractivity (Wildman–Crippen MR) is 79.2 cm³/mol. The van der Waals surface area contributed by atoms with E-state index in [1.807, 2.05) is 60.7 Å². The highest BCUT2D eigenvalue weighted by Crippen LogP contribution is 2.16. The van der Waals surface area contributed by atoms with Crippen molar-refractivity contribution >= 4 is 5.91 Å². The van der Waals surface area contributed by atoms with Crippen molar-refractivity contribution in [1.82, 2.24) is 5.32 Å². The van der Waals surface area contributed by atoms with Crippen molar-refractivity contribution in [3.8, 4) is 0 Å². The Labute approximate surface area is 119 Å². The Morgan fingerprint density at radius 3 is 2.20 bits per heavy atom. The van der Waals surface area contributed by atoms with Gasteiger partial charge in [-0.3, -0.25) is 4.79 Å². The highest BCUT2D eigenvalue weighted by molar-refractivity contribution is 5.79. The second kappa shape index (κ2) is 7.46. The van der Waals surface area contributed by atoms with Crippen LogP contribution in [-0.2, 0) is 11.2 Å². The number of carbonyl (C=O) groups excluding carboxylic acids is 1. The van der Waals surface area contributed by atoms with Crippen LogP contribution < -0.4 is 5.32 Å². The molecular formula is C17H19NO2. The second-order valence-electron chi connectivity index (χ2n) is 4.71. The first kappa shape index (κ1) is 14.3. The van der Waals surface area contributed by atoms with E-state index in [-0.39, 0.29) is 18.6 Å². The number of benzene rings is 2. The minimum absolute atomic E-state index is 0.0292. The Morgan fingerprint density at radius 2 is 1.60 bits per heavy atom. The fourth-order valence-electron chi connectivity index (χ4n) is 2.16. The van der Waals surface area contributed by atoms with Gasteiger partial charge in [0.1, 0.15) is 0 Å². The molecule has 2 N–H and O–H groups in total. The van der Waals surface area contributed by atoms with Crippen LogP contribution in [0, 0.1) is 0 Å². The average molecular weight is 269 g/mol. The second-order valence-corrected chi connectivity index (χ2v) is 4.71. The van der Waals surface area contributed by atoms with Crippen LogP contribution >= 0.6 is 0 Å². The van der Waals surface area contributed by atoms with Crippen LogP contribution in [0.5, 0.6) is 0 Å². The van der Waals surface area contributed by atoms with Gasteiger partial charge in [0.05, 0.1) is 12.5 Å². The quantitative estimate of drug-likeness (QED) is 0.846. The molecule has 0 aliphatic carbocycles. The molecule has 2 aromatic rings. The summed E-state index contributed by atoms with van der Waals surface area (Å²) >= 11 is 0. The third kappa shape index (κ3) is 4.21. The van der Waals surface area contributed by atoms with Crippen molar-refractivity contribution in [2.75, 3.05) is 6.61 Å². The van der Waals surface area contributed by atoms with Gasteiger partial charge in [-0.15, -0.1) is 0 Å². The van der Waals surface area contributed by atoms with Gasteiger partial charge in [0.2, 0.25) is 5.91 Å². The Kier molecular flexibility index (Phi) is 5.33. The monoisotopic (exact) mass is 269 g/mol. The molecule has 0 radical (unpaired) electrons. The largest absolute Gasteiger partial charge is 0.396 e. The maximum Gasteiger partial charge on any atom is 0.224 e. The molecular weight excluding hydrogens is 250 g/mol. The Bertz CT molecular complexity index is 525. The van der Waals surface area contributed by atoms with Crippen LogP contribution in [-0.4, -0.2) is 17.6 Å². The molecule has 104 valence electrons. The van der Waals surface area contributed by atoms with E-state index < -0.39 is 0 Å². The topological polar surface area (TPSA) is 49.3 Å². The summed E-state index contributed by atoms with van der Waals surface area (Å²) in [7, 11) is 0.